The second-order valence-electron chi connectivity index (χ2n) is 4.99. The van der Waals surface area contributed by atoms with Gasteiger partial charge in [-0.3, -0.25) is 14.9 Å². The van der Waals surface area contributed by atoms with Crippen molar-refractivity contribution in [2.75, 3.05) is 11.9 Å². The van der Waals surface area contributed by atoms with Gasteiger partial charge in [-0.25, -0.2) is 4.79 Å². The van der Waals surface area contributed by atoms with Crippen LogP contribution in [0.25, 0.3) is 6.08 Å². The molecule has 2 aromatic rings. The number of nitrogens with zero attached hydrogens (tertiary/aromatic N) is 1. The van der Waals surface area contributed by atoms with E-state index in [2.05, 4.69) is 4.74 Å². The fourth-order valence-corrected chi connectivity index (χ4v) is 1.90. The highest BCUT2D eigenvalue weighted by Gasteiger charge is 2.35. The van der Waals surface area contributed by atoms with Crippen LogP contribution in [0.1, 0.15) is 11.3 Å². The Morgan fingerprint density at radius 2 is 2.04 bits per heavy atom. The monoisotopic (exact) mass is 384 g/mol. The summed E-state index contributed by atoms with van der Waals surface area (Å²) in [7, 11) is 0. The molecule has 27 heavy (non-hydrogen) atoms. The van der Waals surface area contributed by atoms with Crippen LogP contribution in [0.4, 0.5) is 24.5 Å². The molecular weight excluding hydrogens is 373 g/mol. The zero-order valence-corrected chi connectivity index (χ0v) is 13.4. The van der Waals surface area contributed by atoms with Gasteiger partial charge < -0.3 is 14.5 Å². The molecule has 1 aromatic heterocycles. The molecule has 1 N–H and O–H groups in total. The number of esters is 1. The van der Waals surface area contributed by atoms with Crippen LogP contribution in [0.2, 0.25) is 0 Å². The van der Waals surface area contributed by atoms with Gasteiger partial charge in [0.05, 0.1) is 22.4 Å². The molecule has 0 aliphatic carbocycles. The van der Waals surface area contributed by atoms with E-state index in [9.17, 15) is 32.9 Å². The molecule has 0 atom stereocenters. The summed E-state index contributed by atoms with van der Waals surface area (Å²) in [5.74, 6) is -1.60. The number of carbonyl (C=O) groups excluding carboxylic acids is 2. The number of hydrogen-bond acceptors (Lipinski definition) is 6. The molecule has 1 heterocycles. The predicted molar refractivity (Wildman–Crippen MR) is 85.4 cm³/mol. The van der Waals surface area contributed by atoms with E-state index in [-0.39, 0.29) is 0 Å². The first-order valence-corrected chi connectivity index (χ1v) is 7.20. The maximum absolute atomic E-state index is 13.0. The van der Waals surface area contributed by atoms with E-state index in [4.69, 9.17) is 4.42 Å². The smallest absolute Gasteiger partial charge is 0.418 e. The highest BCUT2D eigenvalue weighted by molar-refractivity contribution is 5.95. The van der Waals surface area contributed by atoms with Gasteiger partial charge in [-0.2, -0.15) is 13.2 Å². The van der Waals surface area contributed by atoms with Crippen molar-refractivity contribution in [3.05, 3.63) is 64.1 Å². The average molecular weight is 384 g/mol. The van der Waals surface area contributed by atoms with E-state index < -0.39 is 46.5 Å². The molecular formula is C16H11F3N2O6. The molecule has 0 aliphatic rings. The highest BCUT2D eigenvalue weighted by Crippen LogP contribution is 2.37. The van der Waals surface area contributed by atoms with Crippen LogP contribution < -0.4 is 5.32 Å². The van der Waals surface area contributed by atoms with Crippen LogP contribution in [-0.2, 0) is 20.5 Å². The number of non-ortho nitro benzene ring substituents is 1. The maximum Gasteiger partial charge on any atom is 0.418 e. The van der Waals surface area contributed by atoms with E-state index in [1.165, 1.54) is 12.3 Å². The first kappa shape index (κ1) is 19.7. The van der Waals surface area contributed by atoms with Gasteiger partial charge >= 0.3 is 12.1 Å². The van der Waals surface area contributed by atoms with Crippen molar-refractivity contribution in [3.63, 3.8) is 0 Å². The third-order valence-electron chi connectivity index (χ3n) is 3.07. The molecule has 0 saturated heterocycles. The minimum absolute atomic E-state index is 0.299. The van der Waals surface area contributed by atoms with Crippen LogP contribution in [0, 0.1) is 10.1 Å². The quantitative estimate of drug-likeness (QED) is 0.354. The highest BCUT2D eigenvalue weighted by atomic mass is 19.4. The number of ether oxygens (including phenoxy) is 1. The predicted octanol–water partition coefficient (Wildman–Crippen LogP) is 3.40. The summed E-state index contributed by atoms with van der Waals surface area (Å²) < 4.78 is 48.6. The molecule has 1 amide bonds. The number of hydrogen-bond donors (Lipinski definition) is 1. The molecule has 1 aromatic carbocycles. The number of alkyl halides is 3. The summed E-state index contributed by atoms with van der Waals surface area (Å²) in [6, 6.07) is 5.00. The van der Waals surface area contributed by atoms with E-state index in [0.29, 0.717) is 11.8 Å². The molecule has 0 bridgehead atoms. The minimum atomic E-state index is -4.93. The van der Waals surface area contributed by atoms with E-state index in [0.717, 1.165) is 18.2 Å². The maximum atomic E-state index is 13.0. The molecule has 0 radical (unpaired) electrons. The third-order valence-corrected chi connectivity index (χ3v) is 3.07. The van der Waals surface area contributed by atoms with Gasteiger partial charge in [-0.1, -0.05) is 0 Å². The van der Waals surface area contributed by atoms with Crippen LogP contribution in [0.5, 0.6) is 0 Å². The van der Waals surface area contributed by atoms with Crippen LogP contribution >= 0.6 is 0 Å². The number of nitro benzene ring substituents is 1. The van der Waals surface area contributed by atoms with Gasteiger partial charge in [0.15, 0.2) is 6.61 Å². The normalized spacial score (nSPS) is 11.4. The molecule has 0 spiro atoms. The Kier molecular flexibility index (Phi) is 5.96. The van der Waals surface area contributed by atoms with Crippen molar-refractivity contribution in [2.24, 2.45) is 0 Å². The van der Waals surface area contributed by atoms with Crippen LogP contribution in [-0.4, -0.2) is 23.4 Å². The van der Waals surface area contributed by atoms with Crippen molar-refractivity contribution in [2.45, 2.75) is 6.18 Å². The fraction of sp³-hybridized carbons (Fsp3) is 0.125. The van der Waals surface area contributed by atoms with Gasteiger partial charge in [0, 0.05) is 18.2 Å². The number of halogens is 3. The Bertz CT molecular complexity index is 875. The Morgan fingerprint density at radius 1 is 1.30 bits per heavy atom. The fourth-order valence-electron chi connectivity index (χ4n) is 1.90. The van der Waals surface area contributed by atoms with Gasteiger partial charge in [0.2, 0.25) is 0 Å². The first-order valence-electron chi connectivity index (χ1n) is 7.20. The summed E-state index contributed by atoms with van der Waals surface area (Å²) in [4.78, 5) is 32.8. The third kappa shape index (κ3) is 5.70. The topological polar surface area (TPSA) is 112 Å². The summed E-state index contributed by atoms with van der Waals surface area (Å²) in [6.45, 7) is -0.852. The van der Waals surface area contributed by atoms with Gasteiger partial charge in [0.1, 0.15) is 5.76 Å². The number of amides is 1. The average Bonchev–Trinajstić information content (AvgIpc) is 3.11. The standard InChI is InChI=1S/C16H11F3N2O6/c17-16(18,19)12-8-10(21(24)25)3-5-13(12)20-14(22)9-27-15(23)6-4-11-2-1-7-26-11/h1-8H,9H2,(H,20,22)/b6-4+. The molecule has 2 rings (SSSR count). The summed E-state index contributed by atoms with van der Waals surface area (Å²) >= 11 is 0. The van der Waals surface area contributed by atoms with E-state index in [1.54, 1.807) is 12.1 Å². The van der Waals surface area contributed by atoms with E-state index in [1.807, 2.05) is 5.32 Å². The number of anilines is 1. The second-order valence-corrected chi connectivity index (χ2v) is 4.99. The van der Waals surface area contributed by atoms with Crippen molar-refractivity contribution in [1.82, 2.24) is 0 Å². The second kappa shape index (κ2) is 8.17. The van der Waals surface area contributed by atoms with Gasteiger partial charge in [-0.15, -0.1) is 0 Å². The lowest BCUT2D eigenvalue weighted by Crippen LogP contribution is -2.22. The lowest BCUT2D eigenvalue weighted by molar-refractivity contribution is -0.385. The largest absolute Gasteiger partial charge is 0.465 e. The van der Waals surface area contributed by atoms with Crippen LogP contribution in [0.15, 0.2) is 47.1 Å². The molecule has 0 saturated carbocycles. The van der Waals surface area contributed by atoms with Gasteiger partial charge in [0.25, 0.3) is 11.6 Å². The van der Waals surface area contributed by atoms with Crippen molar-refractivity contribution in [3.8, 4) is 0 Å². The number of carbonyl (C=O) groups is 2. The Balaban J connectivity index is 2.00. The molecule has 142 valence electrons. The van der Waals surface area contributed by atoms with Crippen molar-refractivity contribution < 1.29 is 36.8 Å². The zero-order chi connectivity index (χ0) is 20.0. The molecule has 0 aliphatic heterocycles. The minimum Gasteiger partial charge on any atom is -0.465 e. The summed E-state index contributed by atoms with van der Waals surface area (Å²) in [5, 5.41) is 12.5. The first-order chi connectivity index (χ1) is 12.7. The number of nitro groups is 1. The number of rotatable bonds is 6. The van der Waals surface area contributed by atoms with Crippen molar-refractivity contribution >= 4 is 29.3 Å². The zero-order valence-electron chi connectivity index (χ0n) is 13.4. The Morgan fingerprint density at radius 3 is 2.63 bits per heavy atom. The van der Waals surface area contributed by atoms with Crippen molar-refractivity contribution in [1.29, 1.82) is 0 Å². The molecule has 0 unspecified atom stereocenters. The van der Waals surface area contributed by atoms with E-state index >= 15 is 0 Å². The number of nitrogens with one attached hydrogen (secondary N) is 1. The molecule has 0 fully saturated rings. The molecule has 11 heteroatoms. The SMILES string of the molecule is O=C(COC(=O)/C=C/c1ccco1)Nc1ccc([N+](=O)[O-])cc1C(F)(F)F. The molecule has 8 nitrogen and oxygen atoms in total. The Hall–Kier alpha value is -3.63. The number of benzene rings is 1. The Labute approximate surface area is 149 Å². The lowest BCUT2D eigenvalue weighted by Gasteiger charge is -2.13. The lowest BCUT2D eigenvalue weighted by atomic mass is 10.1. The number of furan rings is 1. The van der Waals surface area contributed by atoms with Crippen LogP contribution in [0.3, 0.4) is 0 Å². The summed E-state index contributed by atoms with van der Waals surface area (Å²) in [5.41, 5.74) is -2.87. The summed E-state index contributed by atoms with van der Waals surface area (Å²) in [6.07, 6.45) is -1.31. The van der Waals surface area contributed by atoms with Gasteiger partial charge in [-0.05, 0) is 24.3 Å².